The lowest BCUT2D eigenvalue weighted by atomic mass is 10.1. The van der Waals surface area contributed by atoms with Crippen molar-refractivity contribution < 1.29 is 14.5 Å². The summed E-state index contributed by atoms with van der Waals surface area (Å²) in [6.45, 7) is 6.16. The van der Waals surface area contributed by atoms with Crippen molar-refractivity contribution in [3.05, 3.63) is 86.9 Å². The summed E-state index contributed by atoms with van der Waals surface area (Å²) in [7, 11) is 0. The Kier molecular flexibility index (Phi) is 6.76. The molecule has 1 aromatic heterocycles. The van der Waals surface area contributed by atoms with Crippen LogP contribution in [0.4, 0.5) is 5.82 Å². The second-order valence-corrected chi connectivity index (χ2v) is 7.07. The van der Waals surface area contributed by atoms with Crippen LogP contribution in [-0.2, 0) is 6.54 Å². The molecule has 31 heavy (non-hydrogen) atoms. The van der Waals surface area contributed by atoms with Gasteiger partial charge in [0.2, 0.25) is 0 Å². The molecule has 2 aromatic carbocycles. The molecule has 9 heteroatoms. The molecule has 0 atom stereocenters. The molecule has 9 nitrogen and oxygen atoms in total. The molecule has 0 saturated carbocycles. The van der Waals surface area contributed by atoms with E-state index in [0.29, 0.717) is 23.7 Å². The van der Waals surface area contributed by atoms with Crippen molar-refractivity contribution in [2.24, 2.45) is 5.10 Å². The highest BCUT2D eigenvalue weighted by atomic mass is 16.6. The standard InChI is InChI=1S/C22H23N5O4/c1-15-10-16(2)12-19(11-15)22(28)25-24-13-18-4-6-20(7-5-18)31-9-8-26-17(3)23-14-21(26)27(29)30/h4-7,10-14H,8-9H2,1-3H3,(H,25,28)/b24-13+. The van der Waals surface area contributed by atoms with E-state index < -0.39 is 4.92 Å². The summed E-state index contributed by atoms with van der Waals surface area (Å²) in [4.78, 5) is 26.7. The predicted molar refractivity (Wildman–Crippen MR) is 117 cm³/mol. The van der Waals surface area contributed by atoms with Gasteiger partial charge >= 0.3 is 5.82 Å². The fourth-order valence-electron chi connectivity index (χ4n) is 3.12. The Morgan fingerprint density at radius 2 is 1.87 bits per heavy atom. The molecule has 160 valence electrons. The second-order valence-electron chi connectivity index (χ2n) is 7.07. The minimum Gasteiger partial charge on any atom is -0.489 e. The fourth-order valence-corrected chi connectivity index (χ4v) is 3.12. The lowest BCUT2D eigenvalue weighted by molar-refractivity contribution is -0.392. The van der Waals surface area contributed by atoms with Crippen molar-refractivity contribution in [2.45, 2.75) is 27.3 Å². The molecule has 1 N–H and O–H groups in total. The van der Waals surface area contributed by atoms with E-state index in [1.807, 2.05) is 32.0 Å². The Hall–Kier alpha value is -4.01. The van der Waals surface area contributed by atoms with Crippen LogP contribution in [0, 0.1) is 30.9 Å². The minimum atomic E-state index is -0.465. The number of carbonyl (C=O) groups excluding carboxylic acids is 1. The molecule has 0 saturated heterocycles. The molecular weight excluding hydrogens is 398 g/mol. The Morgan fingerprint density at radius 1 is 1.19 bits per heavy atom. The lowest BCUT2D eigenvalue weighted by Gasteiger charge is -2.07. The van der Waals surface area contributed by atoms with E-state index in [-0.39, 0.29) is 18.3 Å². The van der Waals surface area contributed by atoms with Crippen LogP contribution in [0.1, 0.15) is 32.9 Å². The third-order valence-electron chi connectivity index (χ3n) is 4.55. The number of hydrazone groups is 1. The van der Waals surface area contributed by atoms with Gasteiger partial charge in [0.25, 0.3) is 5.91 Å². The van der Waals surface area contributed by atoms with E-state index in [4.69, 9.17) is 4.74 Å². The maximum absolute atomic E-state index is 12.2. The number of rotatable bonds is 8. The summed E-state index contributed by atoms with van der Waals surface area (Å²) in [5, 5.41) is 15.0. The highest BCUT2D eigenvalue weighted by molar-refractivity contribution is 5.95. The van der Waals surface area contributed by atoms with Crippen LogP contribution in [0.2, 0.25) is 0 Å². The van der Waals surface area contributed by atoms with Crippen molar-refractivity contribution in [1.82, 2.24) is 15.0 Å². The monoisotopic (exact) mass is 421 g/mol. The summed E-state index contributed by atoms with van der Waals surface area (Å²) in [6, 6.07) is 12.7. The van der Waals surface area contributed by atoms with Crippen molar-refractivity contribution in [1.29, 1.82) is 0 Å². The Balaban J connectivity index is 1.51. The molecule has 3 rings (SSSR count). The van der Waals surface area contributed by atoms with E-state index in [0.717, 1.165) is 16.7 Å². The van der Waals surface area contributed by atoms with Gasteiger partial charge < -0.3 is 14.9 Å². The third kappa shape index (κ3) is 5.75. The number of nitrogens with zero attached hydrogens (tertiary/aromatic N) is 4. The van der Waals surface area contributed by atoms with Gasteiger partial charge in [-0.15, -0.1) is 0 Å². The van der Waals surface area contributed by atoms with Gasteiger partial charge in [-0.05, 0) is 60.7 Å². The number of nitro groups is 1. The first-order valence-electron chi connectivity index (χ1n) is 9.64. The summed E-state index contributed by atoms with van der Waals surface area (Å²) in [6.07, 6.45) is 2.78. The van der Waals surface area contributed by atoms with Gasteiger partial charge in [0.05, 0.1) is 6.21 Å². The van der Waals surface area contributed by atoms with Crippen LogP contribution in [0.25, 0.3) is 0 Å². The second kappa shape index (κ2) is 9.66. The number of ether oxygens (including phenoxy) is 1. The first kappa shape index (κ1) is 21.7. The first-order chi connectivity index (χ1) is 14.8. The predicted octanol–water partition coefficient (Wildman–Crippen LogP) is 3.56. The lowest BCUT2D eigenvalue weighted by Crippen LogP contribution is -2.17. The van der Waals surface area contributed by atoms with Crippen LogP contribution in [0.3, 0.4) is 0 Å². The van der Waals surface area contributed by atoms with Gasteiger partial charge in [0.1, 0.15) is 25.1 Å². The number of aryl methyl sites for hydroxylation is 3. The normalized spacial score (nSPS) is 10.9. The average molecular weight is 421 g/mol. The number of amides is 1. The molecular formula is C22H23N5O4. The van der Waals surface area contributed by atoms with Crippen molar-refractivity contribution in [3.63, 3.8) is 0 Å². The van der Waals surface area contributed by atoms with E-state index in [9.17, 15) is 14.9 Å². The summed E-state index contributed by atoms with van der Waals surface area (Å²) >= 11 is 0. The number of nitrogens with one attached hydrogen (secondary N) is 1. The molecule has 3 aromatic rings. The molecule has 0 radical (unpaired) electrons. The summed E-state index contributed by atoms with van der Waals surface area (Å²) in [5.74, 6) is 0.851. The minimum absolute atomic E-state index is 0.0597. The fraction of sp³-hybridized carbons (Fsp3) is 0.227. The molecule has 0 unspecified atom stereocenters. The van der Waals surface area contributed by atoms with E-state index >= 15 is 0 Å². The number of hydrogen-bond acceptors (Lipinski definition) is 6. The molecule has 0 aliphatic heterocycles. The number of carbonyl (C=O) groups is 1. The van der Waals surface area contributed by atoms with Crippen LogP contribution in [0.15, 0.2) is 53.8 Å². The van der Waals surface area contributed by atoms with Gasteiger partial charge in [-0.25, -0.2) is 15.0 Å². The molecule has 0 aliphatic carbocycles. The Bertz CT molecular complexity index is 1100. The average Bonchev–Trinajstić information content (AvgIpc) is 3.09. The van der Waals surface area contributed by atoms with Crippen LogP contribution < -0.4 is 10.2 Å². The van der Waals surface area contributed by atoms with Gasteiger partial charge in [-0.2, -0.15) is 5.10 Å². The first-order valence-corrected chi connectivity index (χ1v) is 9.64. The van der Waals surface area contributed by atoms with Crippen LogP contribution in [-0.4, -0.2) is 33.2 Å². The summed E-state index contributed by atoms with van der Waals surface area (Å²) in [5.41, 5.74) is 5.90. The van der Waals surface area contributed by atoms with E-state index in [2.05, 4.69) is 15.5 Å². The zero-order valence-corrected chi connectivity index (χ0v) is 17.5. The molecule has 1 amide bonds. The molecule has 0 fully saturated rings. The number of aromatic nitrogens is 2. The van der Waals surface area contributed by atoms with Crippen molar-refractivity contribution in [2.75, 3.05) is 6.61 Å². The zero-order valence-electron chi connectivity index (χ0n) is 17.5. The highest BCUT2D eigenvalue weighted by Crippen LogP contribution is 2.15. The maximum atomic E-state index is 12.2. The maximum Gasteiger partial charge on any atom is 0.342 e. The number of hydrogen-bond donors (Lipinski definition) is 1. The quantitative estimate of drug-likeness (QED) is 0.340. The van der Waals surface area contributed by atoms with E-state index in [1.165, 1.54) is 10.8 Å². The highest BCUT2D eigenvalue weighted by Gasteiger charge is 2.16. The van der Waals surface area contributed by atoms with Gasteiger partial charge in [-0.3, -0.25) is 4.79 Å². The number of benzene rings is 2. The molecule has 0 aliphatic rings. The Labute approximate surface area is 179 Å². The van der Waals surface area contributed by atoms with Crippen LogP contribution in [0.5, 0.6) is 5.75 Å². The SMILES string of the molecule is Cc1cc(C)cc(C(=O)N/N=C/c2ccc(OCCn3c([N+](=O)[O-])cnc3C)cc2)c1. The topological polar surface area (TPSA) is 112 Å². The van der Waals surface area contributed by atoms with Crippen molar-refractivity contribution in [3.8, 4) is 5.75 Å². The van der Waals surface area contributed by atoms with E-state index in [1.54, 1.807) is 37.4 Å². The molecule has 1 heterocycles. The van der Waals surface area contributed by atoms with Gasteiger partial charge in [-0.1, -0.05) is 17.2 Å². The number of imidazole rings is 1. The van der Waals surface area contributed by atoms with Crippen molar-refractivity contribution >= 4 is 17.9 Å². The smallest absolute Gasteiger partial charge is 0.342 e. The van der Waals surface area contributed by atoms with Crippen LogP contribution >= 0.6 is 0 Å². The zero-order chi connectivity index (χ0) is 22.4. The summed E-state index contributed by atoms with van der Waals surface area (Å²) < 4.78 is 7.16. The molecule has 0 bridgehead atoms. The van der Waals surface area contributed by atoms with Gasteiger partial charge in [0, 0.05) is 12.5 Å². The molecule has 0 spiro atoms. The largest absolute Gasteiger partial charge is 0.489 e. The van der Waals surface area contributed by atoms with Gasteiger partial charge in [0.15, 0.2) is 5.82 Å². The Morgan fingerprint density at radius 3 is 2.52 bits per heavy atom. The third-order valence-corrected chi connectivity index (χ3v) is 4.55.